The van der Waals surface area contributed by atoms with Crippen LogP contribution in [-0.4, -0.2) is 42.6 Å². The van der Waals surface area contributed by atoms with E-state index in [0.717, 1.165) is 10.5 Å². The zero-order chi connectivity index (χ0) is 9.98. The smallest absolute Gasteiger partial charge is 0.257 e. The number of nitrogens with zero attached hydrogens (tertiary/aromatic N) is 1. The lowest BCUT2D eigenvalue weighted by Gasteiger charge is -2.08. The number of carbonyl (C=O) groups excluding carboxylic acids is 1. The van der Waals surface area contributed by atoms with Crippen LogP contribution in [-0.2, 0) is 9.22 Å². The summed E-state index contributed by atoms with van der Waals surface area (Å²) in [6.07, 6.45) is 3.17. The summed E-state index contributed by atoms with van der Waals surface area (Å²) in [6.45, 7) is 1.80. The van der Waals surface area contributed by atoms with Crippen LogP contribution in [0.2, 0.25) is 0 Å². The topological polar surface area (TPSA) is 41.6 Å². The van der Waals surface area contributed by atoms with Gasteiger partial charge in [-0.25, -0.2) is 5.01 Å². The van der Waals surface area contributed by atoms with E-state index in [2.05, 4.69) is 9.85 Å². The first-order valence-electron chi connectivity index (χ1n) is 3.59. The maximum absolute atomic E-state index is 10.6. The monoisotopic (exact) mass is 190 g/mol. The molecule has 72 valence electrons. The van der Waals surface area contributed by atoms with Gasteiger partial charge in [0.1, 0.15) is 10.5 Å². The fraction of sp³-hybridized carbons (Fsp3) is 0.571. The SMILES string of the molecule is CC=CC(=O)NN(C)C.CO[SiH3]. The molecule has 0 bridgehead atoms. The molecule has 12 heavy (non-hydrogen) atoms. The van der Waals surface area contributed by atoms with Crippen LogP contribution in [0.4, 0.5) is 0 Å². The first-order chi connectivity index (χ1) is 5.58. The van der Waals surface area contributed by atoms with Crippen LogP contribution in [0.5, 0.6) is 0 Å². The highest BCUT2D eigenvalue weighted by atomic mass is 28.2. The van der Waals surface area contributed by atoms with E-state index in [-0.39, 0.29) is 5.91 Å². The minimum absolute atomic E-state index is 0.0949. The predicted octanol–water partition coefficient (Wildman–Crippen LogP) is -0.931. The van der Waals surface area contributed by atoms with E-state index in [9.17, 15) is 4.79 Å². The third-order valence-corrected chi connectivity index (χ3v) is 0.652. The summed E-state index contributed by atoms with van der Waals surface area (Å²) in [5.41, 5.74) is 2.55. The van der Waals surface area contributed by atoms with Crippen LogP contribution < -0.4 is 5.43 Å². The molecule has 0 aliphatic carbocycles. The number of carbonyl (C=O) groups is 1. The van der Waals surface area contributed by atoms with Crippen molar-refractivity contribution >= 4 is 16.4 Å². The number of hydrogen-bond donors (Lipinski definition) is 1. The van der Waals surface area contributed by atoms with E-state index in [1.165, 1.54) is 6.08 Å². The summed E-state index contributed by atoms with van der Waals surface area (Å²) >= 11 is 0. The molecule has 0 unspecified atom stereocenters. The Morgan fingerprint density at radius 2 is 2.00 bits per heavy atom. The van der Waals surface area contributed by atoms with Crippen molar-refractivity contribution in [2.45, 2.75) is 6.92 Å². The Hall–Kier alpha value is -0.653. The third-order valence-electron chi connectivity index (χ3n) is 0.652. The molecule has 0 aromatic carbocycles. The summed E-state index contributed by atoms with van der Waals surface area (Å²) in [5, 5.41) is 1.60. The molecule has 0 aliphatic rings. The Kier molecular flexibility index (Phi) is 12.0. The van der Waals surface area contributed by atoms with E-state index in [0.29, 0.717) is 0 Å². The molecule has 0 aromatic rings. The van der Waals surface area contributed by atoms with Crippen molar-refractivity contribution < 1.29 is 9.22 Å². The average molecular weight is 190 g/mol. The van der Waals surface area contributed by atoms with Gasteiger partial charge in [-0.2, -0.15) is 0 Å². The molecule has 1 N–H and O–H groups in total. The summed E-state index contributed by atoms with van der Waals surface area (Å²) in [6, 6.07) is 0. The zero-order valence-electron chi connectivity index (χ0n) is 8.42. The van der Waals surface area contributed by atoms with E-state index < -0.39 is 0 Å². The normalized spacial score (nSPS) is 9.75. The van der Waals surface area contributed by atoms with Crippen molar-refractivity contribution in [3.63, 3.8) is 0 Å². The second-order valence-electron chi connectivity index (χ2n) is 2.28. The quantitative estimate of drug-likeness (QED) is 0.347. The lowest BCUT2D eigenvalue weighted by molar-refractivity contribution is -0.120. The highest BCUT2D eigenvalue weighted by Crippen LogP contribution is 1.71. The van der Waals surface area contributed by atoms with Gasteiger partial charge in [0.15, 0.2) is 0 Å². The summed E-state index contributed by atoms with van der Waals surface area (Å²) in [7, 11) is 6.09. The van der Waals surface area contributed by atoms with Gasteiger partial charge in [-0.1, -0.05) is 6.08 Å². The van der Waals surface area contributed by atoms with Crippen molar-refractivity contribution in [3.05, 3.63) is 12.2 Å². The first kappa shape index (κ1) is 13.9. The lowest BCUT2D eigenvalue weighted by atomic mass is 10.5. The highest BCUT2D eigenvalue weighted by molar-refractivity contribution is 5.97. The van der Waals surface area contributed by atoms with Crippen molar-refractivity contribution in [2.24, 2.45) is 0 Å². The van der Waals surface area contributed by atoms with Gasteiger partial charge in [-0.05, 0) is 13.0 Å². The summed E-state index contributed by atoms with van der Waals surface area (Å²) < 4.78 is 4.39. The molecule has 0 aliphatic heterocycles. The fourth-order valence-corrected chi connectivity index (χ4v) is 0.409. The zero-order valence-corrected chi connectivity index (χ0v) is 10.4. The van der Waals surface area contributed by atoms with Gasteiger partial charge < -0.3 is 4.43 Å². The molecule has 0 rings (SSSR count). The maximum Gasteiger partial charge on any atom is 0.257 e. The van der Waals surface area contributed by atoms with Gasteiger partial charge in [-0.3, -0.25) is 10.2 Å². The fourth-order valence-electron chi connectivity index (χ4n) is 0.409. The molecule has 5 heteroatoms. The van der Waals surface area contributed by atoms with Gasteiger partial charge >= 0.3 is 0 Å². The number of hydrazine groups is 1. The standard InChI is InChI=1S/C6H12N2O.CH6OSi/c1-4-5-6(9)7-8(2)3;1-2-3/h4-5H,1-3H3,(H,7,9);1,3H3. The number of nitrogens with one attached hydrogen (secondary N) is 1. The number of allylic oxidation sites excluding steroid dienone is 1. The molecule has 0 atom stereocenters. The van der Waals surface area contributed by atoms with Crippen molar-refractivity contribution in [3.8, 4) is 0 Å². The summed E-state index contributed by atoms with van der Waals surface area (Å²) in [4.78, 5) is 10.6. The second kappa shape index (κ2) is 10.3. The predicted molar refractivity (Wildman–Crippen MR) is 53.6 cm³/mol. The van der Waals surface area contributed by atoms with Gasteiger partial charge in [0.05, 0.1) is 0 Å². The minimum atomic E-state index is -0.0949. The van der Waals surface area contributed by atoms with Crippen LogP contribution in [0.1, 0.15) is 6.92 Å². The van der Waals surface area contributed by atoms with Gasteiger partial charge in [0.2, 0.25) is 0 Å². The largest absolute Gasteiger partial charge is 0.431 e. The molecule has 0 spiro atoms. The maximum atomic E-state index is 10.6. The van der Waals surface area contributed by atoms with Gasteiger partial charge in [-0.15, -0.1) is 0 Å². The average Bonchev–Trinajstić information content (AvgIpc) is 1.87. The Morgan fingerprint density at radius 3 is 2.25 bits per heavy atom. The van der Waals surface area contributed by atoms with Crippen molar-refractivity contribution in [1.82, 2.24) is 10.4 Å². The van der Waals surface area contributed by atoms with Crippen LogP contribution in [0, 0.1) is 0 Å². The van der Waals surface area contributed by atoms with Gasteiger partial charge in [0, 0.05) is 21.2 Å². The minimum Gasteiger partial charge on any atom is -0.431 e. The number of hydrogen-bond acceptors (Lipinski definition) is 3. The molecule has 0 radical (unpaired) electrons. The Bertz CT molecular complexity index is 137. The van der Waals surface area contributed by atoms with E-state index in [1.807, 2.05) is 0 Å². The molecule has 0 saturated heterocycles. The van der Waals surface area contributed by atoms with Crippen LogP contribution in [0.3, 0.4) is 0 Å². The number of rotatable bonds is 2. The Balaban J connectivity index is 0. The van der Waals surface area contributed by atoms with Crippen molar-refractivity contribution in [1.29, 1.82) is 0 Å². The third kappa shape index (κ3) is 16.2. The van der Waals surface area contributed by atoms with Crippen LogP contribution in [0.15, 0.2) is 12.2 Å². The molecule has 0 saturated carbocycles. The lowest BCUT2D eigenvalue weighted by Crippen LogP contribution is -2.34. The Morgan fingerprint density at radius 1 is 1.58 bits per heavy atom. The molecule has 4 nitrogen and oxygen atoms in total. The molecule has 0 heterocycles. The number of amides is 1. The van der Waals surface area contributed by atoms with Crippen LogP contribution in [0.25, 0.3) is 0 Å². The Labute approximate surface area is 77.1 Å². The van der Waals surface area contributed by atoms with Crippen molar-refractivity contribution in [2.75, 3.05) is 21.2 Å². The second-order valence-corrected chi connectivity index (χ2v) is 3.10. The summed E-state index contributed by atoms with van der Waals surface area (Å²) in [5.74, 6) is -0.0949. The highest BCUT2D eigenvalue weighted by Gasteiger charge is 1.91. The molecular weight excluding hydrogens is 172 g/mol. The molecule has 0 aromatic heterocycles. The van der Waals surface area contributed by atoms with E-state index in [4.69, 9.17) is 0 Å². The van der Waals surface area contributed by atoms with Gasteiger partial charge in [0.25, 0.3) is 5.91 Å². The van der Waals surface area contributed by atoms with E-state index in [1.54, 1.807) is 39.2 Å². The first-order valence-corrected chi connectivity index (χ1v) is 4.40. The van der Waals surface area contributed by atoms with Crippen LogP contribution >= 0.6 is 0 Å². The molecule has 1 amide bonds. The molecule has 0 fully saturated rings. The van der Waals surface area contributed by atoms with E-state index >= 15 is 0 Å². The molecular formula is C7H18N2O2Si.